The fourth-order valence-corrected chi connectivity index (χ4v) is 2.20. The largest absolute Gasteiger partial charge is 0.463 e. The van der Waals surface area contributed by atoms with Crippen LogP contribution in [0.2, 0.25) is 0 Å². The van der Waals surface area contributed by atoms with E-state index >= 15 is 0 Å². The number of carbonyl (C=O) groups excluding carboxylic acids is 1. The lowest BCUT2D eigenvalue weighted by molar-refractivity contribution is -0.141. The van der Waals surface area contributed by atoms with E-state index in [0.717, 1.165) is 11.3 Å². The number of allylic oxidation sites excluding steroid dienone is 3. The number of rotatable bonds is 5. The number of hydrogen-bond acceptors (Lipinski definition) is 5. The maximum atomic E-state index is 12.7. The topological polar surface area (TPSA) is 65.7 Å². The second kappa shape index (κ2) is 6.81. The van der Waals surface area contributed by atoms with Gasteiger partial charge in [0.25, 0.3) is 0 Å². The summed E-state index contributed by atoms with van der Waals surface area (Å²) in [7, 11) is 1.52. The Kier molecular flexibility index (Phi) is 5.03. The minimum Gasteiger partial charge on any atom is -0.463 e. The first-order chi connectivity index (χ1) is 10.8. The molecule has 6 heteroatoms. The molecule has 0 amide bonds. The van der Waals surface area contributed by atoms with Crippen molar-refractivity contribution in [3.63, 3.8) is 0 Å². The number of oxime groups is 1. The van der Waals surface area contributed by atoms with Crippen molar-refractivity contribution in [1.29, 1.82) is 0 Å². The van der Waals surface area contributed by atoms with Crippen LogP contribution in [-0.4, -0.2) is 28.2 Å². The molecule has 0 spiro atoms. The van der Waals surface area contributed by atoms with Crippen LogP contribution in [0.3, 0.4) is 0 Å². The van der Waals surface area contributed by atoms with Crippen LogP contribution in [0, 0.1) is 5.41 Å². The van der Waals surface area contributed by atoms with Gasteiger partial charge in [0.05, 0.1) is 12.0 Å². The highest BCUT2D eigenvalue weighted by molar-refractivity contribution is 5.97. The minimum atomic E-state index is -0.743. The van der Waals surface area contributed by atoms with Crippen LogP contribution in [0.4, 0.5) is 0 Å². The Morgan fingerprint density at radius 2 is 2.13 bits per heavy atom. The predicted octanol–water partition coefficient (Wildman–Crippen LogP) is 3.25. The van der Waals surface area contributed by atoms with E-state index in [2.05, 4.69) is 10.1 Å². The summed E-state index contributed by atoms with van der Waals surface area (Å²) in [6.45, 7) is 7.59. The van der Waals surface area contributed by atoms with Crippen LogP contribution < -0.4 is 0 Å². The van der Waals surface area contributed by atoms with Gasteiger partial charge >= 0.3 is 0 Å². The number of imidazole rings is 1. The van der Waals surface area contributed by atoms with Crippen molar-refractivity contribution in [3.8, 4) is 0 Å². The van der Waals surface area contributed by atoms with Crippen molar-refractivity contribution in [2.45, 2.75) is 40.3 Å². The number of ketones is 1. The maximum absolute atomic E-state index is 12.7. The third-order valence-electron chi connectivity index (χ3n) is 3.50. The third-order valence-corrected chi connectivity index (χ3v) is 3.50. The fourth-order valence-electron chi connectivity index (χ4n) is 2.20. The van der Waals surface area contributed by atoms with E-state index in [1.165, 1.54) is 7.11 Å². The van der Waals surface area contributed by atoms with Crippen molar-refractivity contribution in [3.05, 3.63) is 42.2 Å². The fraction of sp³-hybridized carbons (Fsp3) is 0.471. The average Bonchev–Trinajstić information content (AvgIpc) is 2.99. The lowest BCUT2D eigenvalue weighted by atomic mass is 9.89. The van der Waals surface area contributed by atoms with Crippen molar-refractivity contribution in [2.24, 2.45) is 10.6 Å². The van der Waals surface area contributed by atoms with E-state index in [-0.39, 0.29) is 5.78 Å². The molecule has 6 nitrogen and oxygen atoms in total. The summed E-state index contributed by atoms with van der Waals surface area (Å²) < 4.78 is 7.71. The van der Waals surface area contributed by atoms with Gasteiger partial charge in [0, 0.05) is 24.2 Å². The van der Waals surface area contributed by atoms with E-state index in [1.54, 1.807) is 23.3 Å². The smallest absolute Gasteiger partial charge is 0.236 e. The number of aromatic nitrogens is 2. The summed E-state index contributed by atoms with van der Waals surface area (Å²) in [5, 5.41) is 3.93. The Hall–Kier alpha value is -2.37. The summed E-state index contributed by atoms with van der Waals surface area (Å²) in [4.78, 5) is 21.6. The van der Waals surface area contributed by atoms with Gasteiger partial charge in [-0.3, -0.25) is 9.36 Å². The molecule has 1 unspecified atom stereocenters. The Balaban J connectivity index is 2.26. The lowest BCUT2D eigenvalue weighted by Gasteiger charge is -2.27. The lowest BCUT2D eigenvalue weighted by Crippen LogP contribution is -2.32. The Morgan fingerprint density at radius 3 is 2.65 bits per heavy atom. The molecule has 2 rings (SSSR count). The first-order valence-electron chi connectivity index (χ1n) is 7.49. The normalized spacial score (nSPS) is 18.2. The summed E-state index contributed by atoms with van der Waals surface area (Å²) in [5.41, 5.74) is 1.29. The molecule has 1 aliphatic rings. The Bertz CT molecular complexity index is 649. The van der Waals surface area contributed by atoms with E-state index in [9.17, 15) is 4.79 Å². The maximum Gasteiger partial charge on any atom is 0.236 e. The molecule has 1 aromatic heterocycles. The second-order valence-corrected chi connectivity index (χ2v) is 6.51. The standard InChI is InChI=1S/C17H23N3O3/c1-12-10-13(19-22-5)6-7-14(12)23-16(15(21)17(2,3)4)20-9-8-18-11-20/h6-9,11,16H,10H2,1-5H3. The van der Waals surface area contributed by atoms with Gasteiger partial charge in [-0.2, -0.15) is 0 Å². The highest BCUT2D eigenvalue weighted by Gasteiger charge is 2.33. The first kappa shape index (κ1) is 17.0. The number of Topliss-reactive ketones (excluding diaryl/α,β-unsaturated/α-hetero) is 1. The van der Waals surface area contributed by atoms with Crippen LogP contribution in [0.15, 0.2) is 47.4 Å². The van der Waals surface area contributed by atoms with Crippen LogP contribution >= 0.6 is 0 Å². The van der Waals surface area contributed by atoms with Crippen LogP contribution in [0.5, 0.6) is 0 Å². The number of ether oxygens (including phenoxy) is 1. The van der Waals surface area contributed by atoms with E-state index < -0.39 is 11.6 Å². The van der Waals surface area contributed by atoms with Crippen molar-refractivity contribution in [2.75, 3.05) is 7.11 Å². The van der Waals surface area contributed by atoms with Gasteiger partial charge in [0.1, 0.15) is 12.9 Å². The Labute approximate surface area is 136 Å². The minimum absolute atomic E-state index is 0.0134. The van der Waals surface area contributed by atoms with E-state index in [0.29, 0.717) is 12.2 Å². The molecule has 0 aromatic carbocycles. The van der Waals surface area contributed by atoms with E-state index in [1.807, 2.05) is 39.8 Å². The third kappa shape index (κ3) is 4.09. The SMILES string of the molecule is CON=C1C=CC(OC(C(=O)C(C)(C)C)n2ccnc2)=C(C)C1. The molecule has 0 saturated heterocycles. The van der Waals surface area contributed by atoms with Gasteiger partial charge in [-0.15, -0.1) is 0 Å². The molecule has 1 heterocycles. The first-order valence-corrected chi connectivity index (χ1v) is 7.49. The molecule has 0 saturated carbocycles. The molecule has 0 bridgehead atoms. The van der Waals surface area contributed by atoms with Gasteiger partial charge in [0.15, 0.2) is 5.78 Å². The number of carbonyl (C=O) groups is 1. The summed E-state index contributed by atoms with van der Waals surface area (Å²) in [5.74, 6) is 0.664. The predicted molar refractivity (Wildman–Crippen MR) is 87.7 cm³/mol. The Morgan fingerprint density at radius 1 is 1.39 bits per heavy atom. The molecule has 124 valence electrons. The molecular formula is C17H23N3O3. The monoisotopic (exact) mass is 317 g/mol. The summed E-state index contributed by atoms with van der Waals surface area (Å²) in [6.07, 6.45) is 8.49. The van der Waals surface area contributed by atoms with Gasteiger partial charge in [0.2, 0.25) is 6.23 Å². The molecule has 0 radical (unpaired) electrons. The van der Waals surface area contributed by atoms with E-state index in [4.69, 9.17) is 9.57 Å². The highest BCUT2D eigenvalue weighted by Crippen LogP contribution is 2.29. The molecule has 0 aliphatic heterocycles. The zero-order valence-electron chi connectivity index (χ0n) is 14.2. The second-order valence-electron chi connectivity index (χ2n) is 6.51. The zero-order chi connectivity index (χ0) is 17.0. The molecule has 23 heavy (non-hydrogen) atoms. The zero-order valence-corrected chi connectivity index (χ0v) is 14.2. The quantitative estimate of drug-likeness (QED) is 0.782. The number of nitrogens with zero attached hydrogens (tertiary/aromatic N) is 3. The van der Waals surface area contributed by atoms with Crippen molar-refractivity contribution >= 4 is 11.5 Å². The van der Waals surface area contributed by atoms with Gasteiger partial charge in [-0.1, -0.05) is 25.9 Å². The highest BCUT2D eigenvalue weighted by atomic mass is 16.6. The molecule has 1 aliphatic carbocycles. The molecule has 0 N–H and O–H groups in total. The summed E-state index contributed by atoms with van der Waals surface area (Å²) in [6, 6.07) is 0. The number of hydrogen-bond donors (Lipinski definition) is 0. The molecular weight excluding hydrogens is 294 g/mol. The molecule has 1 atom stereocenters. The van der Waals surface area contributed by atoms with Crippen molar-refractivity contribution < 1.29 is 14.4 Å². The molecule has 0 fully saturated rings. The molecule has 1 aromatic rings. The summed E-state index contributed by atoms with van der Waals surface area (Å²) >= 11 is 0. The average molecular weight is 317 g/mol. The van der Waals surface area contributed by atoms with Crippen LogP contribution in [0.1, 0.15) is 40.3 Å². The van der Waals surface area contributed by atoms with Crippen LogP contribution in [-0.2, 0) is 14.4 Å². The van der Waals surface area contributed by atoms with Crippen LogP contribution in [0.25, 0.3) is 0 Å². The van der Waals surface area contributed by atoms with Gasteiger partial charge < -0.3 is 9.57 Å². The van der Waals surface area contributed by atoms with Gasteiger partial charge in [-0.25, -0.2) is 4.98 Å². The van der Waals surface area contributed by atoms with Crippen molar-refractivity contribution in [1.82, 2.24) is 9.55 Å². The van der Waals surface area contributed by atoms with Gasteiger partial charge in [-0.05, 0) is 24.6 Å².